The summed E-state index contributed by atoms with van der Waals surface area (Å²) in [5.41, 5.74) is 6.32. The third-order valence-electron chi connectivity index (χ3n) is 5.03. The zero-order valence-corrected chi connectivity index (χ0v) is 14.7. The van der Waals surface area contributed by atoms with E-state index in [1.807, 2.05) is 17.8 Å². The van der Waals surface area contributed by atoms with Crippen LogP contribution in [0.15, 0.2) is 52.3 Å². The van der Waals surface area contributed by atoms with Gasteiger partial charge in [-0.25, -0.2) is 0 Å². The molecule has 120 valence electrons. The van der Waals surface area contributed by atoms with Gasteiger partial charge in [-0.05, 0) is 65.9 Å². The summed E-state index contributed by atoms with van der Waals surface area (Å²) in [5, 5.41) is 9.33. The minimum Gasteiger partial charge on any atom is -0.303 e. The molecule has 0 saturated carbocycles. The van der Waals surface area contributed by atoms with Crippen molar-refractivity contribution in [1.29, 1.82) is 5.26 Å². The summed E-state index contributed by atoms with van der Waals surface area (Å²) in [6.45, 7) is 5.55. The lowest BCUT2D eigenvalue weighted by atomic mass is 9.91. The first kappa shape index (κ1) is 15.5. The fourth-order valence-corrected chi connectivity index (χ4v) is 4.82. The summed E-state index contributed by atoms with van der Waals surface area (Å²) < 4.78 is 0. The lowest BCUT2D eigenvalue weighted by molar-refractivity contribution is 0.307. The number of rotatable bonds is 1. The lowest BCUT2D eigenvalue weighted by Gasteiger charge is -2.18. The summed E-state index contributed by atoms with van der Waals surface area (Å²) in [4.78, 5) is 5.13. The highest BCUT2D eigenvalue weighted by Gasteiger charge is 2.25. The molecule has 0 bridgehead atoms. The van der Waals surface area contributed by atoms with E-state index < -0.39 is 0 Å². The van der Waals surface area contributed by atoms with Crippen LogP contribution in [-0.2, 0) is 0 Å². The minimum atomic E-state index is 0.753. The van der Waals surface area contributed by atoms with Crippen LogP contribution in [0, 0.1) is 11.3 Å². The van der Waals surface area contributed by atoms with Crippen LogP contribution in [0.2, 0.25) is 0 Å². The van der Waals surface area contributed by atoms with Crippen molar-refractivity contribution in [2.45, 2.75) is 29.6 Å². The molecule has 2 aliphatic heterocycles. The van der Waals surface area contributed by atoms with Gasteiger partial charge in [-0.1, -0.05) is 36.9 Å². The van der Waals surface area contributed by atoms with Gasteiger partial charge >= 0.3 is 0 Å². The zero-order chi connectivity index (χ0) is 16.5. The number of hydrogen-bond acceptors (Lipinski definition) is 3. The molecule has 2 aliphatic rings. The summed E-state index contributed by atoms with van der Waals surface area (Å²) in [6, 6.07) is 17.2. The van der Waals surface area contributed by atoms with Crippen LogP contribution >= 0.6 is 11.8 Å². The van der Waals surface area contributed by atoms with Crippen LogP contribution in [-0.4, -0.2) is 24.5 Å². The van der Waals surface area contributed by atoms with Gasteiger partial charge in [0, 0.05) is 22.9 Å². The number of hydrogen-bond donors (Lipinski definition) is 0. The Morgan fingerprint density at radius 3 is 2.46 bits per heavy atom. The molecular weight excluding hydrogens is 312 g/mol. The number of nitriles is 1. The standard InChI is InChI=1S/C21H20N2S/c1-2-23-11-9-16-17(10-12-23)19-13-15(14-22)7-8-21(19)24-20-6-4-3-5-18(16)20/h3-8,13H,2,9-12H2,1H3. The molecule has 0 amide bonds. The first-order chi connectivity index (χ1) is 11.8. The van der Waals surface area contributed by atoms with E-state index in [-0.39, 0.29) is 0 Å². The Morgan fingerprint density at radius 1 is 1.00 bits per heavy atom. The molecule has 0 N–H and O–H groups in total. The van der Waals surface area contributed by atoms with E-state index in [0.29, 0.717) is 0 Å². The second-order valence-electron chi connectivity index (χ2n) is 6.31. The van der Waals surface area contributed by atoms with Crippen molar-refractivity contribution >= 4 is 22.9 Å². The fraction of sp³-hybridized carbons (Fsp3) is 0.286. The molecule has 0 unspecified atom stereocenters. The van der Waals surface area contributed by atoms with Crippen molar-refractivity contribution in [3.8, 4) is 6.07 Å². The highest BCUT2D eigenvalue weighted by molar-refractivity contribution is 7.99. The third-order valence-corrected chi connectivity index (χ3v) is 6.19. The van der Waals surface area contributed by atoms with E-state index in [4.69, 9.17) is 0 Å². The fourth-order valence-electron chi connectivity index (χ4n) is 3.71. The van der Waals surface area contributed by atoms with Gasteiger partial charge in [-0.3, -0.25) is 0 Å². The zero-order valence-electron chi connectivity index (χ0n) is 13.9. The Kier molecular flexibility index (Phi) is 4.18. The average molecular weight is 332 g/mol. The third kappa shape index (κ3) is 2.66. The van der Waals surface area contributed by atoms with Gasteiger partial charge in [0.2, 0.25) is 0 Å². The first-order valence-corrected chi connectivity index (χ1v) is 9.38. The molecular formula is C21H20N2S. The Balaban J connectivity index is 1.93. The molecule has 0 radical (unpaired) electrons. The summed E-state index contributed by atoms with van der Waals surface area (Å²) >= 11 is 1.84. The Morgan fingerprint density at radius 2 is 1.71 bits per heavy atom. The van der Waals surface area contributed by atoms with Crippen LogP contribution in [0.5, 0.6) is 0 Å². The minimum absolute atomic E-state index is 0.753. The maximum Gasteiger partial charge on any atom is 0.0991 e. The van der Waals surface area contributed by atoms with Crippen molar-refractivity contribution in [2.75, 3.05) is 19.6 Å². The molecule has 0 atom stereocenters. The van der Waals surface area contributed by atoms with Crippen molar-refractivity contribution in [3.05, 3.63) is 59.2 Å². The van der Waals surface area contributed by atoms with E-state index in [2.05, 4.69) is 54.3 Å². The molecule has 0 fully saturated rings. The molecule has 4 rings (SSSR count). The van der Waals surface area contributed by atoms with Crippen LogP contribution in [0.4, 0.5) is 0 Å². The molecule has 0 saturated heterocycles. The molecule has 0 spiro atoms. The van der Waals surface area contributed by atoms with E-state index in [9.17, 15) is 5.26 Å². The van der Waals surface area contributed by atoms with Gasteiger partial charge in [0.15, 0.2) is 0 Å². The van der Waals surface area contributed by atoms with E-state index >= 15 is 0 Å². The Labute approximate surface area is 147 Å². The molecule has 2 heterocycles. The maximum absolute atomic E-state index is 9.33. The Hall–Kier alpha value is -2.02. The largest absolute Gasteiger partial charge is 0.303 e. The maximum atomic E-state index is 9.33. The molecule has 0 aromatic heterocycles. The van der Waals surface area contributed by atoms with E-state index in [1.54, 1.807) is 0 Å². The average Bonchev–Trinajstić information content (AvgIpc) is 2.91. The van der Waals surface area contributed by atoms with Gasteiger partial charge in [0.25, 0.3) is 0 Å². The van der Waals surface area contributed by atoms with E-state index in [0.717, 1.165) is 38.0 Å². The van der Waals surface area contributed by atoms with Crippen molar-refractivity contribution in [2.24, 2.45) is 0 Å². The van der Waals surface area contributed by atoms with Gasteiger partial charge in [0.05, 0.1) is 11.6 Å². The molecule has 2 aromatic carbocycles. The SMILES string of the molecule is CCN1CCC2=C(CC1)c1cc(C#N)ccc1Sc1ccccc12. The number of benzene rings is 2. The van der Waals surface area contributed by atoms with Gasteiger partial charge in [-0.15, -0.1) is 0 Å². The predicted molar refractivity (Wildman–Crippen MR) is 99.9 cm³/mol. The van der Waals surface area contributed by atoms with Crippen molar-refractivity contribution in [3.63, 3.8) is 0 Å². The summed E-state index contributed by atoms with van der Waals surface area (Å²) in [7, 11) is 0. The lowest BCUT2D eigenvalue weighted by Crippen LogP contribution is -2.24. The quantitative estimate of drug-likeness (QED) is 0.731. The highest BCUT2D eigenvalue weighted by Crippen LogP contribution is 2.47. The normalized spacial score (nSPS) is 17.2. The first-order valence-electron chi connectivity index (χ1n) is 8.56. The smallest absolute Gasteiger partial charge is 0.0991 e. The highest BCUT2D eigenvalue weighted by atomic mass is 32.2. The Bertz CT molecular complexity index is 860. The monoisotopic (exact) mass is 332 g/mol. The van der Waals surface area contributed by atoms with Crippen LogP contribution in [0.3, 0.4) is 0 Å². The predicted octanol–water partition coefficient (Wildman–Crippen LogP) is 5.05. The molecule has 24 heavy (non-hydrogen) atoms. The van der Waals surface area contributed by atoms with Crippen LogP contribution < -0.4 is 0 Å². The topological polar surface area (TPSA) is 27.0 Å². The van der Waals surface area contributed by atoms with Gasteiger partial charge in [-0.2, -0.15) is 5.26 Å². The summed E-state index contributed by atoms with van der Waals surface area (Å²) in [6.07, 6.45) is 2.14. The molecule has 0 aliphatic carbocycles. The van der Waals surface area contributed by atoms with E-state index in [1.165, 1.54) is 32.1 Å². The van der Waals surface area contributed by atoms with Gasteiger partial charge in [0.1, 0.15) is 0 Å². The van der Waals surface area contributed by atoms with Crippen LogP contribution in [0.1, 0.15) is 36.5 Å². The van der Waals surface area contributed by atoms with Crippen LogP contribution in [0.25, 0.3) is 11.1 Å². The van der Waals surface area contributed by atoms with Crippen molar-refractivity contribution in [1.82, 2.24) is 4.90 Å². The molecule has 2 aromatic rings. The van der Waals surface area contributed by atoms with Gasteiger partial charge < -0.3 is 4.90 Å². The second-order valence-corrected chi connectivity index (χ2v) is 7.40. The molecule has 2 nitrogen and oxygen atoms in total. The number of fused-ring (bicyclic) bond motifs is 4. The number of nitrogens with zero attached hydrogens (tertiary/aromatic N) is 2. The molecule has 3 heteroatoms. The summed E-state index contributed by atoms with van der Waals surface area (Å²) in [5.74, 6) is 0. The second kappa shape index (κ2) is 6.47. The van der Waals surface area contributed by atoms with Crippen molar-refractivity contribution < 1.29 is 0 Å².